The van der Waals surface area contributed by atoms with Gasteiger partial charge >= 0.3 is 0 Å². The lowest BCUT2D eigenvalue weighted by Crippen LogP contribution is -2.70. The minimum absolute atomic E-state index is 0.0242. The summed E-state index contributed by atoms with van der Waals surface area (Å²) in [5, 5.41) is 42.2. The lowest BCUT2D eigenvalue weighted by atomic mass is 9.44. The van der Waals surface area contributed by atoms with Crippen LogP contribution < -0.4 is 0 Å². The van der Waals surface area contributed by atoms with Gasteiger partial charge in [0.1, 0.15) is 12.3 Å². The lowest BCUT2D eigenvalue weighted by Gasteiger charge is -2.63. The van der Waals surface area contributed by atoms with Gasteiger partial charge in [0.15, 0.2) is 17.2 Å². The fourth-order valence-electron chi connectivity index (χ4n) is 7.21. The second-order valence-electron chi connectivity index (χ2n) is 9.72. The van der Waals surface area contributed by atoms with Crippen molar-refractivity contribution in [2.45, 2.75) is 75.9 Å². The van der Waals surface area contributed by atoms with Gasteiger partial charge < -0.3 is 20.4 Å². The molecule has 0 bridgehead atoms. The summed E-state index contributed by atoms with van der Waals surface area (Å²) in [4.78, 5) is 24.3. The van der Waals surface area contributed by atoms with Crippen molar-refractivity contribution in [2.75, 3.05) is 6.61 Å². The molecule has 0 amide bonds. The third-order valence-corrected chi connectivity index (χ3v) is 8.83. The number of Topliss-reactive ketones (excluding diaryl/α,β-unsaturated/α-hetero) is 1. The first kappa shape index (κ1) is 20.1. The fourth-order valence-corrected chi connectivity index (χ4v) is 7.21. The van der Waals surface area contributed by atoms with Gasteiger partial charge in [-0.25, -0.2) is 4.39 Å². The molecule has 0 aromatic carbocycles. The highest BCUT2D eigenvalue weighted by Crippen LogP contribution is 2.70. The zero-order valence-corrected chi connectivity index (χ0v) is 16.3. The highest BCUT2D eigenvalue weighted by atomic mass is 19.1. The van der Waals surface area contributed by atoms with Crippen LogP contribution in [-0.4, -0.2) is 62.1 Å². The zero-order valence-electron chi connectivity index (χ0n) is 16.3. The van der Waals surface area contributed by atoms with E-state index in [9.17, 15) is 30.0 Å². The molecule has 7 heteroatoms. The standard InChI is InChI=1S/C21H29FO6/c1-18-6-5-12(24)7-11(18)3-4-13-14-8-15(25)21(28,17(27)10-23)19(14,2)9-16(26)20(13,18)22/h7,13-16,23,25-26,28H,3-6,8-10H2,1-2H3/t13-,14-,15?,16?,18-,19-,20-,21-/m0/s1. The molecule has 4 N–H and O–H groups in total. The average Bonchev–Trinajstić information content (AvgIpc) is 2.84. The molecule has 0 saturated heterocycles. The van der Waals surface area contributed by atoms with Crippen LogP contribution in [0.2, 0.25) is 0 Å². The van der Waals surface area contributed by atoms with E-state index in [1.807, 2.05) is 0 Å². The molecule has 0 aliphatic heterocycles. The Hall–Kier alpha value is -1.15. The SMILES string of the molecule is C[C@]12CCC(=O)C=C1CC[C@H]1[C@@H]3CC(O)[C@](O)(C(=O)CO)[C@@]3(C)CC(O)[C@@]12F. The van der Waals surface area contributed by atoms with E-state index in [1.165, 1.54) is 6.08 Å². The van der Waals surface area contributed by atoms with Crippen molar-refractivity contribution in [3.63, 3.8) is 0 Å². The van der Waals surface area contributed by atoms with Crippen LogP contribution in [0.25, 0.3) is 0 Å². The van der Waals surface area contributed by atoms with Gasteiger partial charge in [-0.3, -0.25) is 9.59 Å². The number of carbonyl (C=O) groups excluding carboxylic acids is 2. The number of carbonyl (C=O) groups is 2. The molecule has 4 aliphatic carbocycles. The Morgan fingerprint density at radius 3 is 2.54 bits per heavy atom. The molecule has 2 unspecified atom stereocenters. The van der Waals surface area contributed by atoms with E-state index < -0.39 is 58.5 Å². The summed E-state index contributed by atoms with van der Waals surface area (Å²) in [6.45, 7) is 2.45. The third kappa shape index (κ3) is 2.06. The second kappa shape index (κ2) is 5.94. The normalized spacial score (nSPS) is 53.1. The average molecular weight is 396 g/mol. The summed E-state index contributed by atoms with van der Waals surface area (Å²) < 4.78 is 16.8. The number of aliphatic hydroxyl groups excluding tert-OH is 3. The first-order valence-corrected chi connectivity index (χ1v) is 10.1. The molecule has 3 fully saturated rings. The summed E-state index contributed by atoms with van der Waals surface area (Å²) >= 11 is 0. The molecular formula is C21H29FO6. The Bertz CT molecular complexity index is 766. The summed E-state index contributed by atoms with van der Waals surface area (Å²) in [5.74, 6) is -2.10. The third-order valence-electron chi connectivity index (χ3n) is 8.83. The largest absolute Gasteiger partial charge is 0.390 e. The van der Waals surface area contributed by atoms with Gasteiger partial charge in [0.05, 0.1) is 12.2 Å². The molecule has 0 radical (unpaired) electrons. The quantitative estimate of drug-likeness (QED) is 0.550. The Morgan fingerprint density at radius 1 is 1.21 bits per heavy atom. The smallest absolute Gasteiger partial charge is 0.192 e. The Kier molecular flexibility index (Phi) is 4.27. The summed E-state index contributed by atoms with van der Waals surface area (Å²) in [6, 6.07) is 0. The summed E-state index contributed by atoms with van der Waals surface area (Å²) in [5.41, 5.74) is -5.72. The highest BCUT2D eigenvalue weighted by molar-refractivity contribution is 5.92. The lowest BCUT2D eigenvalue weighted by molar-refractivity contribution is -0.230. The van der Waals surface area contributed by atoms with E-state index in [4.69, 9.17) is 0 Å². The van der Waals surface area contributed by atoms with Crippen LogP contribution in [-0.2, 0) is 9.59 Å². The van der Waals surface area contributed by atoms with E-state index in [0.717, 1.165) is 5.57 Å². The van der Waals surface area contributed by atoms with E-state index in [0.29, 0.717) is 19.3 Å². The Morgan fingerprint density at radius 2 is 1.89 bits per heavy atom. The monoisotopic (exact) mass is 396 g/mol. The molecule has 28 heavy (non-hydrogen) atoms. The van der Waals surface area contributed by atoms with E-state index in [1.54, 1.807) is 13.8 Å². The molecule has 3 saturated carbocycles. The molecule has 4 aliphatic rings. The number of halogens is 1. The van der Waals surface area contributed by atoms with E-state index in [2.05, 4.69) is 0 Å². The van der Waals surface area contributed by atoms with Gasteiger partial charge in [-0.1, -0.05) is 19.4 Å². The van der Waals surface area contributed by atoms with E-state index >= 15 is 4.39 Å². The minimum atomic E-state index is -2.21. The summed E-state index contributed by atoms with van der Waals surface area (Å²) in [6.07, 6.45) is -0.0824. The predicted octanol–water partition coefficient (Wildman–Crippen LogP) is 0.844. The van der Waals surface area contributed by atoms with Gasteiger partial charge in [-0.05, 0) is 44.1 Å². The maximum Gasteiger partial charge on any atom is 0.192 e. The number of aliphatic hydroxyl groups is 4. The van der Waals surface area contributed by atoms with Crippen molar-refractivity contribution in [2.24, 2.45) is 22.7 Å². The molecule has 0 aromatic rings. The van der Waals surface area contributed by atoms with Gasteiger partial charge in [0.25, 0.3) is 0 Å². The van der Waals surface area contributed by atoms with Crippen LogP contribution in [0.3, 0.4) is 0 Å². The number of allylic oxidation sites excluding steroid dienone is 1. The van der Waals surface area contributed by atoms with Crippen molar-refractivity contribution in [3.8, 4) is 0 Å². The molecule has 6 nitrogen and oxygen atoms in total. The van der Waals surface area contributed by atoms with Crippen LogP contribution in [0.15, 0.2) is 11.6 Å². The van der Waals surface area contributed by atoms with Crippen molar-refractivity contribution in [1.82, 2.24) is 0 Å². The van der Waals surface area contributed by atoms with Gasteiger partial charge in [-0.2, -0.15) is 0 Å². The maximum absolute atomic E-state index is 16.8. The number of hydrogen-bond donors (Lipinski definition) is 4. The number of fused-ring (bicyclic) bond motifs is 5. The second-order valence-corrected chi connectivity index (χ2v) is 9.72. The molecule has 0 heterocycles. The number of rotatable bonds is 2. The number of hydrogen-bond acceptors (Lipinski definition) is 6. The molecule has 0 aromatic heterocycles. The highest BCUT2D eigenvalue weighted by Gasteiger charge is 2.76. The Balaban J connectivity index is 1.83. The summed E-state index contributed by atoms with van der Waals surface area (Å²) in [7, 11) is 0. The fraction of sp³-hybridized carbons (Fsp3) is 0.810. The number of ketones is 2. The van der Waals surface area contributed by atoms with Gasteiger partial charge in [0, 0.05) is 23.2 Å². The van der Waals surface area contributed by atoms with Crippen LogP contribution in [0, 0.1) is 22.7 Å². The number of alkyl halides is 1. The molecule has 156 valence electrons. The van der Waals surface area contributed by atoms with Gasteiger partial charge in [0.2, 0.25) is 0 Å². The van der Waals surface area contributed by atoms with Crippen molar-refractivity contribution in [1.29, 1.82) is 0 Å². The maximum atomic E-state index is 16.8. The molecule has 8 atom stereocenters. The van der Waals surface area contributed by atoms with Crippen molar-refractivity contribution in [3.05, 3.63) is 11.6 Å². The van der Waals surface area contributed by atoms with Crippen LogP contribution in [0.4, 0.5) is 4.39 Å². The first-order chi connectivity index (χ1) is 13.0. The van der Waals surface area contributed by atoms with Crippen LogP contribution in [0.1, 0.15) is 52.4 Å². The minimum Gasteiger partial charge on any atom is -0.390 e. The predicted molar refractivity (Wildman–Crippen MR) is 96.9 cm³/mol. The zero-order chi connectivity index (χ0) is 20.7. The first-order valence-electron chi connectivity index (χ1n) is 10.1. The molecule has 0 spiro atoms. The van der Waals surface area contributed by atoms with Crippen molar-refractivity contribution >= 4 is 11.6 Å². The van der Waals surface area contributed by atoms with Crippen LogP contribution in [0.5, 0.6) is 0 Å². The molecular weight excluding hydrogens is 367 g/mol. The Labute approximate surface area is 163 Å². The van der Waals surface area contributed by atoms with Gasteiger partial charge in [-0.15, -0.1) is 0 Å². The topological polar surface area (TPSA) is 115 Å². The van der Waals surface area contributed by atoms with E-state index in [-0.39, 0.29) is 25.0 Å². The van der Waals surface area contributed by atoms with Crippen LogP contribution >= 0.6 is 0 Å². The molecule has 4 rings (SSSR count). The van der Waals surface area contributed by atoms with Crippen molar-refractivity contribution < 1.29 is 34.4 Å².